The number of aromatic nitrogens is 2. The standard InChI is InChI=1S/C22H23N7O5S3/c23-6-8-35-9-12-13(4-2-7-25-12)37-14-10-36-21-17(20(31)29(21)18(14)22(32)33)27-19(30)16(28-34)11-3-1-5-15(24)26-11/h1-5,7,17,21,34H,6,8-10,23H2,(H2,24,26)(H,27,30)(H,32,33)/b28-16-/t17-,21?/m1/s1. The first-order chi connectivity index (χ1) is 17.8. The van der Waals surface area contributed by atoms with E-state index in [1.54, 1.807) is 24.0 Å². The van der Waals surface area contributed by atoms with Gasteiger partial charge in [0.2, 0.25) is 0 Å². The summed E-state index contributed by atoms with van der Waals surface area (Å²) < 4.78 is 0. The van der Waals surface area contributed by atoms with Crippen LogP contribution < -0.4 is 16.8 Å². The van der Waals surface area contributed by atoms with Gasteiger partial charge in [-0.15, -0.1) is 11.8 Å². The number of carbonyl (C=O) groups is 3. The maximum atomic E-state index is 13.0. The number of nitrogens with one attached hydrogen (secondary N) is 1. The Balaban J connectivity index is 1.52. The van der Waals surface area contributed by atoms with E-state index in [9.17, 15) is 24.7 Å². The highest BCUT2D eigenvalue weighted by molar-refractivity contribution is 8.06. The minimum atomic E-state index is -1.24. The van der Waals surface area contributed by atoms with Gasteiger partial charge in [0.25, 0.3) is 11.8 Å². The largest absolute Gasteiger partial charge is 0.477 e. The van der Waals surface area contributed by atoms with E-state index in [0.29, 0.717) is 23.0 Å². The second-order valence-corrected chi connectivity index (χ2v) is 11.1. The molecule has 0 aliphatic carbocycles. The number of thioether (sulfide) groups is 3. The molecule has 1 saturated heterocycles. The number of β-lactam (4-membered cyclic amide) rings is 1. The second-order valence-electron chi connectivity index (χ2n) is 7.73. The van der Waals surface area contributed by atoms with Crippen LogP contribution in [-0.2, 0) is 20.1 Å². The Labute approximate surface area is 224 Å². The number of nitrogen functional groups attached to an aromatic ring is 1. The summed E-state index contributed by atoms with van der Waals surface area (Å²) in [6.07, 6.45) is 1.68. The number of nitrogens with two attached hydrogens (primary N) is 2. The van der Waals surface area contributed by atoms with Gasteiger partial charge in [0.1, 0.15) is 28.6 Å². The molecule has 37 heavy (non-hydrogen) atoms. The second kappa shape index (κ2) is 11.9. The molecule has 1 unspecified atom stereocenters. The van der Waals surface area contributed by atoms with Crippen LogP contribution in [0.1, 0.15) is 11.4 Å². The molecule has 0 bridgehead atoms. The SMILES string of the molecule is NCCSCc1ncccc1SC1=C(C(=O)O)N2C(=O)[C@@H](NC(=O)/C(=N\O)c3cccc(N)n3)C2SC1. The Bertz CT molecular complexity index is 1290. The van der Waals surface area contributed by atoms with Gasteiger partial charge in [-0.3, -0.25) is 19.5 Å². The molecule has 2 aliphatic rings. The third kappa shape index (κ3) is 5.69. The number of amides is 2. The van der Waals surface area contributed by atoms with Crippen molar-refractivity contribution in [2.75, 3.05) is 23.8 Å². The van der Waals surface area contributed by atoms with E-state index in [0.717, 1.165) is 16.3 Å². The van der Waals surface area contributed by atoms with Gasteiger partial charge in [0.05, 0.1) is 5.69 Å². The normalized spacial score (nSPS) is 19.3. The average Bonchev–Trinajstić information content (AvgIpc) is 2.88. The zero-order chi connectivity index (χ0) is 26.5. The summed E-state index contributed by atoms with van der Waals surface area (Å²) in [5, 5.41) is 24.2. The Morgan fingerprint density at radius 1 is 1.30 bits per heavy atom. The third-order valence-electron chi connectivity index (χ3n) is 5.33. The van der Waals surface area contributed by atoms with Crippen LogP contribution in [0.2, 0.25) is 0 Å². The van der Waals surface area contributed by atoms with Crippen molar-refractivity contribution in [1.29, 1.82) is 0 Å². The third-order valence-corrected chi connectivity index (χ3v) is 8.97. The molecule has 0 spiro atoms. The summed E-state index contributed by atoms with van der Waals surface area (Å²) in [5.41, 5.74) is 11.5. The number of carbonyl (C=O) groups excluding carboxylic acids is 2. The minimum absolute atomic E-state index is 0.0293. The van der Waals surface area contributed by atoms with Gasteiger partial charge in [-0.25, -0.2) is 9.78 Å². The van der Waals surface area contributed by atoms with Crippen LogP contribution in [0.3, 0.4) is 0 Å². The number of fused-ring (bicyclic) bond motifs is 1. The molecule has 2 aromatic rings. The van der Waals surface area contributed by atoms with E-state index in [2.05, 4.69) is 20.4 Å². The number of carboxylic acids is 1. The maximum absolute atomic E-state index is 13.0. The van der Waals surface area contributed by atoms with Crippen LogP contribution in [0.4, 0.5) is 5.82 Å². The zero-order valence-corrected chi connectivity index (χ0v) is 21.7. The maximum Gasteiger partial charge on any atom is 0.353 e. The van der Waals surface area contributed by atoms with Crippen molar-refractivity contribution in [3.8, 4) is 0 Å². The summed E-state index contributed by atoms with van der Waals surface area (Å²) in [6.45, 7) is 0.544. The van der Waals surface area contributed by atoms with E-state index >= 15 is 0 Å². The number of aliphatic carboxylic acids is 1. The number of hydrogen-bond donors (Lipinski definition) is 5. The fourth-order valence-corrected chi connectivity index (χ4v) is 7.08. The molecular weight excluding hydrogens is 538 g/mol. The molecule has 15 heteroatoms. The van der Waals surface area contributed by atoms with Crippen LogP contribution in [0, 0.1) is 0 Å². The first kappa shape index (κ1) is 26.8. The zero-order valence-electron chi connectivity index (χ0n) is 19.2. The topological polar surface area (TPSA) is 197 Å². The number of carboxylic acid groups (broad SMARTS) is 1. The first-order valence-corrected chi connectivity index (χ1v) is 13.9. The number of hydrogen-bond acceptors (Lipinski definition) is 12. The van der Waals surface area contributed by atoms with Gasteiger partial charge in [0.15, 0.2) is 5.71 Å². The van der Waals surface area contributed by atoms with Crippen molar-refractivity contribution in [2.45, 2.75) is 22.1 Å². The van der Waals surface area contributed by atoms with Crippen molar-refractivity contribution in [1.82, 2.24) is 20.2 Å². The molecule has 2 aromatic heterocycles. The molecule has 12 nitrogen and oxygen atoms in total. The molecule has 7 N–H and O–H groups in total. The lowest BCUT2D eigenvalue weighted by Gasteiger charge is -2.49. The summed E-state index contributed by atoms with van der Waals surface area (Å²) in [7, 11) is 0. The van der Waals surface area contributed by atoms with Crippen molar-refractivity contribution in [2.24, 2.45) is 10.9 Å². The molecule has 194 valence electrons. The highest BCUT2D eigenvalue weighted by Gasteiger charge is 2.54. The molecule has 2 amide bonds. The van der Waals surface area contributed by atoms with Gasteiger partial charge in [-0.05, 0) is 24.3 Å². The van der Waals surface area contributed by atoms with Crippen molar-refractivity contribution in [3.05, 3.63) is 58.5 Å². The Morgan fingerprint density at radius 3 is 2.81 bits per heavy atom. The number of anilines is 1. The smallest absolute Gasteiger partial charge is 0.353 e. The Kier molecular flexibility index (Phi) is 8.58. The molecule has 2 atom stereocenters. The molecule has 0 saturated carbocycles. The first-order valence-electron chi connectivity index (χ1n) is 10.9. The molecule has 0 radical (unpaired) electrons. The van der Waals surface area contributed by atoms with Crippen LogP contribution >= 0.6 is 35.3 Å². The van der Waals surface area contributed by atoms with Gasteiger partial charge >= 0.3 is 5.97 Å². The molecular formula is C22H23N7O5S3. The lowest BCUT2D eigenvalue weighted by Crippen LogP contribution is -2.71. The van der Waals surface area contributed by atoms with E-state index in [1.165, 1.54) is 46.6 Å². The van der Waals surface area contributed by atoms with Gasteiger partial charge in [0, 0.05) is 39.8 Å². The van der Waals surface area contributed by atoms with Crippen molar-refractivity contribution < 1.29 is 24.7 Å². The van der Waals surface area contributed by atoms with Gasteiger partial charge in [-0.1, -0.05) is 23.0 Å². The van der Waals surface area contributed by atoms with Crippen molar-refractivity contribution >= 4 is 64.6 Å². The number of nitrogens with zero attached hydrogens (tertiary/aromatic N) is 4. The van der Waals surface area contributed by atoms with Crippen LogP contribution in [0.15, 0.2) is 57.2 Å². The number of rotatable bonds is 10. The Hall–Kier alpha value is -3.27. The molecule has 4 rings (SSSR count). The minimum Gasteiger partial charge on any atom is -0.477 e. The number of pyridine rings is 2. The fraction of sp³-hybridized carbons (Fsp3) is 0.273. The summed E-state index contributed by atoms with van der Waals surface area (Å²) >= 11 is 4.22. The van der Waals surface area contributed by atoms with E-state index in [4.69, 9.17) is 11.5 Å². The van der Waals surface area contributed by atoms with E-state index in [1.807, 2.05) is 6.07 Å². The van der Waals surface area contributed by atoms with Crippen LogP contribution in [0.25, 0.3) is 0 Å². The van der Waals surface area contributed by atoms with Gasteiger partial charge in [-0.2, -0.15) is 11.8 Å². The predicted molar refractivity (Wildman–Crippen MR) is 142 cm³/mol. The van der Waals surface area contributed by atoms with E-state index in [-0.39, 0.29) is 17.2 Å². The van der Waals surface area contributed by atoms with Crippen molar-refractivity contribution in [3.63, 3.8) is 0 Å². The lowest BCUT2D eigenvalue weighted by atomic mass is 10.0. The van der Waals surface area contributed by atoms with Crippen LogP contribution in [0.5, 0.6) is 0 Å². The highest BCUT2D eigenvalue weighted by atomic mass is 32.2. The summed E-state index contributed by atoms with van der Waals surface area (Å²) in [4.78, 5) is 48.9. The molecule has 4 heterocycles. The molecule has 2 aliphatic heterocycles. The predicted octanol–water partition coefficient (Wildman–Crippen LogP) is 0.917. The van der Waals surface area contributed by atoms with Crippen LogP contribution in [-0.4, -0.2) is 78.1 Å². The summed E-state index contributed by atoms with van der Waals surface area (Å²) in [5.74, 6) is -0.827. The Morgan fingerprint density at radius 2 is 2.11 bits per heavy atom. The average molecular weight is 562 g/mol. The quantitative estimate of drug-likeness (QED) is 0.0905. The van der Waals surface area contributed by atoms with Gasteiger partial charge < -0.3 is 27.1 Å². The fourth-order valence-electron chi connectivity index (χ4n) is 3.68. The molecule has 1 fully saturated rings. The highest BCUT2D eigenvalue weighted by Crippen LogP contribution is 2.45. The number of oxime groups is 1. The summed E-state index contributed by atoms with van der Waals surface area (Å²) in [6, 6.07) is 7.11. The monoisotopic (exact) mass is 561 g/mol. The van der Waals surface area contributed by atoms with E-state index < -0.39 is 34.9 Å². The molecule has 0 aromatic carbocycles. The lowest BCUT2D eigenvalue weighted by molar-refractivity contribution is -0.150.